The van der Waals surface area contributed by atoms with Crippen molar-refractivity contribution < 1.29 is 13.2 Å². The molecule has 0 radical (unpaired) electrons. The fourth-order valence-corrected chi connectivity index (χ4v) is 6.19. The van der Waals surface area contributed by atoms with E-state index in [1.807, 2.05) is 48.0 Å². The Morgan fingerprint density at radius 2 is 1.83 bits per heavy atom. The summed E-state index contributed by atoms with van der Waals surface area (Å²) in [5, 5.41) is 6.13. The summed E-state index contributed by atoms with van der Waals surface area (Å²) in [6, 6.07) is 14.9. The number of anilines is 1. The quantitative estimate of drug-likeness (QED) is 0.579. The largest absolute Gasteiger partial charge is 0.326 e. The molecule has 8 heteroatoms. The summed E-state index contributed by atoms with van der Waals surface area (Å²) < 4.78 is 28.4. The molecule has 5 nitrogen and oxygen atoms in total. The van der Waals surface area contributed by atoms with Crippen LogP contribution < -0.4 is 5.32 Å². The van der Waals surface area contributed by atoms with Crippen LogP contribution in [0.15, 0.2) is 63.7 Å². The SMILES string of the molecule is CSc1ccc(S(=O)(=O)N2CCC(C(=O)Nc3ccc4sccc4c3)CC2)cc1. The number of benzene rings is 2. The van der Waals surface area contributed by atoms with Gasteiger partial charge in [0.05, 0.1) is 4.90 Å². The van der Waals surface area contributed by atoms with Gasteiger partial charge in [0.15, 0.2) is 0 Å². The van der Waals surface area contributed by atoms with Crippen molar-refractivity contribution in [2.75, 3.05) is 24.7 Å². The first-order valence-corrected chi connectivity index (χ1v) is 12.9. The number of thioether (sulfide) groups is 1. The first-order chi connectivity index (χ1) is 14.0. The number of thiophene rings is 1. The van der Waals surface area contributed by atoms with Crippen LogP contribution in [-0.2, 0) is 14.8 Å². The van der Waals surface area contributed by atoms with Gasteiger partial charge in [0.1, 0.15) is 0 Å². The smallest absolute Gasteiger partial charge is 0.243 e. The molecule has 0 bridgehead atoms. The predicted molar refractivity (Wildman–Crippen MR) is 120 cm³/mol. The molecule has 0 atom stereocenters. The minimum atomic E-state index is -3.52. The summed E-state index contributed by atoms with van der Waals surface area (Å²) in [4.78, 5) is 14.0. The molecule has 1 amide bonds. The molecule has 1 fully saturated rings. The van der Waals surface area contributed by atoms with E-state index in [1.54, 1.807) is 35.2 Å². The number of carbonyl (C=O) groups is 1. The number of sulfonamides is 1. The lowest BCUT2D eigenvalue weighted by molar-refractivity contribution is -0.120. The lowest BCUT2D eigenvalue weighted by Gasteiger charge is -2.30. The Morgan fingerprint density at radius 3 is 2.52 bits per heavy atom. The fourth-order valence-electron chi connectivity index (χ4n) is 3.54. The lowest BCUT2D eigenvalue weighted by atomic mass is 9.97. The molecule has 29 heavy (non-hydrogen) atoms. The van der Waals surface area contributed by atoms with E-state index in [9.17, 15) is 13.2 Å². The minimum absolute atomic E-state index is 0.0408. The predicted octanol–water partition coefficient (Wildman–Crippen LogP) is 4.66. The summed E-state index contributed by atoms with van der Waals surface area (Å²) in [6.07, 6.45) is 3.00. The van der Waals surface area contributed by atoms with Crippen molar-refractivity contribution in [2.24, 2.45) is 5.92 Å². The Hall–Kier alpha value is -1.87. The summed E-state index contributed by atoms with van der Waals surface area (Å²) in [6.45, 7) is 0.711. The highest BCUT2D eigenvalue weighted by Crippen LogP contribution is 2.28. The summed E-state index contributed by atoms with van der Waals surface area (Å²) in [5.41, 5.74) is 0.782. The first-order valence-electron chi connectivity index (χ1n) is 9.40. The van der Waals surface area contributed by atoms with Crippen molar-refractivity contribution in [3.8, 4) is 0 Å². The Kier molecular flexibility index (Phi) is 5.96. The number of hydrogen-bond acceptors (Lipinski definition) is 5. The van der Waals surface area contributed by atoms with Crippen LogP contribution in [0.1, 0.15) is 12.8 Å². The van der Waals surface area contributed by atoms with Crippen LogP contribution in [-0.4, -0.2) is 38.0 Å². The molecule has 1 aliphatic rings. The van der Waals surface area contributed by atoms with E-state index < -0.39 is 10.0 Å². The van der Waals surface area contributed by atoms with Gasteiger partial charge in [-0.15, -0.1) is 23.1 Å². The molecule has 152 valence electrons. The zero-order chi connectivity index (χ0) is 20.4. The van der Waals surface area contributed by atoms with Gasteiger partial charge in [-0.3, -0.25) is 4.79 Å². The zero-order valence-corrected chi connectivity index (χ0v) is 18.4. The van der Waals surface area contributed by atoms with Crippen LogP contribution in [0.25, 0.3) is 10.1 Å². The molecule has 3 aromatic rings. The molecule has 0 unspecified atom stereocenters. The topological polar surface area (TPSA) is 66.5 Å². The van der Waals surface area contributed by atoms with Gasteiger partial charge >= 0.3 is 0 Å². The third-order valence-corrected chi connectivity index (χ3v) is 8.80. The Labute approximate surface area is 179 Å². The second-order valence-electron chi connectivity index (χ2n) is 7.02. The molecule has 0 spiro atoms. The van der Waals surface area contributed by atoms with Crippen molar-refractivity contribution in [2.45, 2.75) is 22.6 Å². The van der Waals surface area contributed by atoms with Gasteiger partial charge in [0.2, 0.25) is 15.9 Å². The van der Waals surface area contributed by atoms with Crippen molar-refractivity contribution >= 4 is 54.8 Å². The molecule has 1 N–H and O–H groups in total. The third-order valence-electron chi connectivity index (χ3n) is 5.24. The standard InChI is InChI=1S/C21H22N2O3S3/c1-27-18-3-5-19(6-4-18)29(25,26)23-11-8-15(9-12-23)21(24)22-17-2-7-20-16(14-17)10-13-28-20/h2-7,10,13-15H,8-9,11-12H2,1H3,(H,22,24). The second-order valence-corrected chi connectivity index (χ2v) is 10.8. The summed E-state index contributed by atoms with van der Waals surface area (Å²) in [5.74, 6) is -0.223. The molecule has 1 aliphatic heterocycles. The number of nitrogens with zero attached hydrogens (tertiary/aromatic N) is 1. The van der Waals surface area contributed by atoms with Crippen LogP contribution in [0.2, 0.25) is 0 Å². The van der Waals surface area contributed by atoms with Gasteiger partial charge in [0, 0.05) is 34.3 Å². The van der Waals surface area contributed by atoms with Gasteiger partial charge < -0.3 is 5.32 Å². The molecule has 1 aromatic heterocycles. The molecule has 4 rings (SSSR count). The Bertz CT molecular complexity index is 1120. The molecule has 2 aromatic carbocycles. The summed E-state index contributed by atoms with van der Waals surface area (Å²) >= 11 is 3.25. The van der Waals surface area contributed by atoms with E-state index in [2.05, 4.69) is 5.32 Å². The van der Waals surface area contributed by atoms with Crippen LogP contribution in [0.5, 0.6) is 0 Å². The van der Waals surface area contributed by atoms with Crippen LogP contribution >= 0.6 is 23.1 Å². The number of fused-ring (bicyclic) bond motifs is 1. The highest BCUT2D eigenvalue weighted by atomic mass is 32.2. The van der Waals surface area contributed by atoms with Crippen molar-refractivity contribution in [1.82, 2.24) is 4.31 Å². The zero-order valence-electron chi connectivity index (χ0n) is 16.0. The molecule has 0 saturated carbocycles. The maximum absolute atomic E-state index is 12.9. The number of rotatable bonds is 5. The molecule has 0 aliphatic carbocycles. The normalized spacial score (nSPS) is 16.2. The third kappa shape index (κ3) is 4.35. The summed E-state index contributed by atoms with van der Waals surface area (Å²) in [7, 11) is -3.52. The maximum Gasteiger partial charge on any atom is 0.243 e. The molecule has 2 heterocycles. The number of hydrogen-bond donors (Lipinski definition) is 1. The van der Waals surface area contributed by atoms with E-state index in [0.29, 0.717) is 30.8 Å². The molecular weight excluding hydrogens is 424 g/mol. The fraction of sp³-hybridized carbons (Fsp3) is 0.286. The van der Waals surface area contributed by atoms with Crippen LogP contribution in [0.3, 0.4) is 0 Å². The van der Waals surface area contributed by atoms with Crippen molar-refractivity contribution in [1.29, 1.82) is 0 Å². The van der Waals surface area contributed by atoms with Gasteiger partial charge in [-0.1, -0.05) is 0 Å². The van der Waals surface area contributed by atoms with E-state index in [1.165, 1.54) is 9.01 Å². The highest BCUT2D eigenvalue weighted by Gasteiger charge is 2.32. The first kappa shape index (κ1) is 20.4. The maximum atomic E-state index is 12.9. The highest BCUT2D eigenvalue weighted by molar-refractivity contribution is 7.98. The second kappa shape index (κ2) is 8.47. The lowest BCUT2D eigenvalue weighted by Crippen LogP contribution is -2.41. The molecular formula is C21H22N2O3S3. The van der Waals surface area contributed by atoms with E-state index >= 15 is 0 Å². The minimum Gasteiger partial charge on any atom is -0.326 e. The average molecular weight is 447 g/mol. The van der Waals surface area contributed by atoms with E-state index in [4.69, 9.17) is 0 Å². The number of nitrogens with one attached hydrogen (secondary N) is 1. The number of piperidine rings is 1. The van der Waals surface area contributed by atoms with Crippen LogP contribution in [0, 0.1) is 5.92 Å². The van der Waals surface area contributed by atoms with Gasteiger partial charge in [-0.25, -0.2) is 8.42 Å². The molecule has 1 saturated heterocycles. The van der Waals surface area contributed by atoms with Gasteiger partial charge in [-0.2, -0.15) is 4.31 Å². The number of amides is 1. The van der Waals surface area contributed by atoms with Crippen LogP contribution in [0.4, 0.5) is 5.69 Å². The van der Waals surface area contributed by atoms with Crippen molar-refractivity contribution in [3.05, 3.63) is 53.9 Å². The number of carbonyl (C=O) groups excluding carboxylic acids is 1. The van der Waals surface area contributed by atoms with Gasteiger partial charge in [0.25, 0.3) is 0 Å². The van der Waals surface area contributed by atoms with E-state index in [-0.39, 0.29) is 11.8 Å². The van der Waals surface area contributed by atoms with E-state index in [0.717, 1.165) is 16.0 Å². The Morgan fingerprint density at radius 1 is 1.10 bits per heavy atom. The Balaban J connectivity index is 1.38. The van der Waals surface area contributed by atoms with Crippen molar-refractivity contribution in [3.63, 3.8) is 0 Å². The average Bonchev–Trinajstić information content (AvgIpc) is 3.22. The van der Waals surface area contributed by atoms with Gasteiger partial charge in [-0.05, 0) is 78.4 Å². The monoisotopic (exact) mass is 446 g/mol.